The molecule has 5 rings (SSSR count). The first-order valence-corrected chi connectivity index (χ1v) is 9.56. The summed E-state index contributed by atoms with van der Waals surface area (Å²) in [7, 11) is 0. The highest BCUT2D eigenvalue weighted by Crippen LogP contribution is 2.58. The molecule has 1 N–H and O–H groups in total. The van der Waals surface area contributed by atoms with Crippen molar-refractivity contribution in [3.8, 4) is 11.1 Å². The first kappa shape index (κ1) is 17.4. The summed E-state index contributed by atoms with van der Waals surface area (Å²) in [6, 6.07) is 20.7. The highest BCUT2D eigenvalue weighted by atomic mass is 32.1. The predicted molar refractivity (Wildman–Crippen MR) is 103 cm³/mol. The maximum absolute atomic E-state index is 14.5. The van der Waals surface area contributed by atoms with Gasteiger partial charge in [0.05, 0.1) is 16.1 Å². The van der Waals surface area contributed by atoms with E-state index in [2.05, 4.69) is 4.98 Å². The van der Waals surface area contributed by atoms with Gasteiger partial charge in [-0.2, -0.15) is 13.2 Å². The summed E-state index contributed by atoms with van der Waals surface area (Å²) in [5.41, 5.74) is -0.326. The molecule has 0 bridgehead atoms. The van der Waals surface area contributed by atoms with Gasteiger partial charge in [-0.15, -0.1) is 11.3 Å². The highest BCUT2D eigenvalue weighted by Gasteiger charge is 2.64. The number of nitrogens with zero attached hydrogens (tertiary/aromatic N) is 1. The molecule has 0 saturated heterocycles. The predicted octanol–water partition coefficient (Wildman–Crippen LogP) is 5.86. The Balaban J connectivity index is 1.82. The molecule has 0 aliphatic heterocycles. The number of hydrogen-bond donors (Lipinski definition) is 1. The lowest BCUT2D eigenvalue weighted by molar-refractivity contribution is -0.272. The van der Waals surface area contributed by atoms with Gasteiger partial charge >= 0.3 is 6.18 Å². The molecule has 0 fully saturated rings. The molecule has 1 aliphatic carbocycles. The summed E-state index contributed by atoms with van der Waals surface area (Å²) in [5, 5.41) is 11.0. The topological polar surface area (TPSA) is 33.1 Å². The van der Waals surface area contributed by atoms with Gasteiger partial charge in [0.25, 0.3) is 0 Å². The monoisotopic (exact) mass is 397 g/mol. The molecule has 0 amide bonds. The van der Waals surface area contributed by atoms with Gasteiger partial charge in [-0.25, -0.2) is 4.98 Å². The van der Waals surface area contributed by atoms with Crippen LogP contribution >= 0.6 is 11.3 Å². The van der Waals surface area contributed by atoms with Gasteiger partial charge in [-0.05, 0) is 34.4 Å². The molecule has 140 valence electrons. The van der Waals surface area contributed by atoms with Crippen LogP contribution in [0.25, 0.3) is 21.3 Å². The SMILES string of the molecule is O[C@](c1nc2ccccc2s1)(C1c2ccccc2-c2ccccc21)C(F)(F)F. The molecule has 0 unspecified atom stereocenters. The largest absolute Gasteiger partial charge is 0.424 e. The number of thiazole rings is 1. The molecule has 0 radical (unpaired) electrons. The molecule has 1 heterocycles. The molecule has 1 aromatic heterocycles. The van der Waals surface area contributed by atoms with Crippen molar-refractivity contribution in [2.75, 3.05) is 0 Å². The van der Waals surface area contributed by atoms with Crippen LogP contribution in [0, 0.1) is 0 Å². The van der Waals surface area contributed by atoms with E-state index in [0.717, 1.165) is 11.3 Å². The van der Waals surface area contributed by atoms with E-state index < -0.39 is 17.7 Å². The third-order valence-corrected chi connectivity index (χ3v) is 6.46. The summed E-state index contributed by atoms with van der Waals surface area (Å²) >= 11 is 0.886. The van der Waals surface area contributed by atoms with Crippen LogP contribution in [0.3, 0.4) is 0 Å². The fraction of sp³-hybridized carbons (Fsp3) is 0.136. The molecule has 4 aromatic rings. The number of para-hydroxylation sites is 1. The van der Waals surface area contributed by atoms with Crippen molar-refractivity contribution in [1.82, 2.24) is 4.98 Å². The Morgan fingerprint density at radius 3 is 1.89 bits per heavy atom. The quantitative estimate of drug-likeness (QED) is 0.460. The lowest BCUT2D eigenvalue weighted by Crippen LogP contribution is -2.47. The third kappa shape index (κ3) is 2.28. The molecular weight excluding hydrogens is 383 g/mol. The van der Waals surface area contributed by atoms with Crippen molar-refractivity contribution < 1.29 is 18.3 Å². The van der Waals surface area contributed by atoms with Crippen molar-refractivity contribution in [2.24, 2.45) is 0 Å². The zero-order valence-electron chi connectivity index (χ0n) is 14.4. The minimum absolute atomic E-state index is 0.335. The van der Waals surface area contributed by atoms with Crippen molar-refractivity contribution >= 4 is 21.6 Å². The van der Waals surface area contributed by atoms with Crippen LogP contribution in [0.4, 0.5) is 13.2 Å². The standard InChI is InChI=1S/C22H14F3NOS/c23-22(24,25)21(27,20-26-17-11-5-6-12-18(17)28-20)19-15-9-3-1-7-13(15)14-8-2-4-10-16(14)19/h1-12,19,27H/t21-/m0/s1. The first-order chi connectivity index (χ1) is 13.4. The number of aliphatic hydroxyl groups is 1. The van der Waals surface area contributed by atoms with Crippen molar-refractivity contribution in [2.45, 2.75) is 17.7 Å². The van der Waals surface area contributed by atoms with Gasteiger partial charge in [-0.1, -0.05) is 60.7 Å². The molecular formula is C22H14F3NOS. The van der Waals surface area contributed by atoms with Crippen molar-refractivity contribution in [3.63, 3.8) is 0 Å². The fourth-order valence-electron chi connectivity index (χ4n) is 4.05. The maximum Gasteiger partial charge on any atom is 0.424 e. The smallest absolute Gasteiger partial charge is 0.374 e. The minimum atomic E-state index is -4.91. The Kier molecular flexibility index (Phi) is 3.66. The Morgan fingerprint density at radius 2 is 1.32 bits per heavy atom. The van der Waals surface area contributed by atoms with Gasteiger partial charge in [-0.3, -0.25) is 0 Å². The van der Waals surface area contributed by atoms with Crippen LogP contribution in [0.15, 0.2) is 72.8 Å². The van der Waals surface area contributed by atoms with Crippen LogP contribution in [-0.4, -0.2) is 16.3 Å². The highest BCUT2D eigenvalue weighted by molar-refractivity contribution is 7.18. The molecule has 1 atom stereocenters. The maximum atomic E-state index is 14.5. The first-order valence-electron chi connectivity index (χ1n) is 8.74. The number of alkyl halides is 3. The number of hydrogen-bond acceptors (Lipinski definition) is 3. The second-order valence-electron chi connectivity index (χ2n) is 6.86. The third-order valence-electron chi connectivity index (χ3n) is 5.30. The van der Waals surface area contributed by atoms with Crippen LogP contribution < -0.4 is 0 Å². The molecule has 0 saturated carbocycles. The summed E-state index contributed by atoms with van der Waals surface area (Å²) in [5.74, 6) is -1.28. The second-order valence-corrected chi connectivity index (χ2v) is 7.89. The van der Waals surface area contributed by atoms with Crippen LogP contribution in [0.5, 0.6) is 0 Å². The van der Waals surface area contributed by atoms with Gasteiger partial charge < -0.3 is 5.11 Å². The Morgan fingerprint density at radius 1 is 0.786 bits per heavy atom. The van der Waals surface area contributed by atoms with Crippen LogP contribution in [-0.2, 0) is 5.60 Å². The average molecular weight is 397 g/mol. The van der Waals surface area contributed by atoms with E-state index in [1.54, 1.807) is 72.8 Å². The van der Waals surface area contributed by atoms with Crippen LogP contribution in [0.1, 0.15) is 22.1 Å². The summed E-state index contributed by atoms with van der Waals surface area (Å²) in [6.07, 6.45) is -4.91. The van der Waals surface area contributed by atoms with E-state index in [0.29, 0.717) is 32.5 Å². The lowest BCUT2D eigenvalue weighted by Gasteiger charge is -2.35. The Bertz CT molecular complexity index is 1120. The number of benzene rings is 3. The molecule has 28 heavy (non-hydrogen) atoms. The van der Waals surface area contributed by atoms with Crippen LogP contribution in [0.2, 0.25) is 0 Å². The van der Waals surface area contributed by atoms with E-state index in [1.807, 2.05) is 0 Å². The van der Waals surface area contributed by atoms with E-state index in [4.69, 9.17) is 0 Å². The Labute approximate surface area is 162 Å². The van der Waals surface area contributed by atoms with Gasteiger partial charge in [0.15, 0.2) is 0 Å². The zero-order chi connectivity index (χ0) is 19.5. The summed E-state index contributed by atoms with van der Waals surface area (Å²) in [4.78, 5) is 4.19. The minimum Gasteiger partial charge on any atom is -0.374 e. The second kappa shape index (κ2) is 5.90. The molecule has 1 aliphatic rings. The van der Waals surface area contributed by atoms with Gasteiger partial charge in [0.2, 0.25) is 5.60 Å². The normalized spacial score (nSPS) is 16.0. The molecule has 2 nitrogen and oxygen atoms in total. The number of fused-ring (bicyclic) bond motifs is 4. The van der Waals surface area contributed by atoms with E-state index in [9.17, 15) is 18.3 Å². The van der Waals surface area contributed by atoms with Crippen molar-refractivity contribution in [1.29, 1.82) is 0 Å². The number of halogens is 3. The van der Waals surface area contributed by atoms with E-state index in [1.165, 1.54) is 0 Å². The number of aromatic nitrogens is 1. The molecule has 3 aromatic carbocycles. The van der Waals surface area contributed by atoms with E-state index >= 15 is 0 Å². The molecule has 6 heteroatoms. The Hall–Kier alpha value is -2.70. The summed E-state index contributed by atoms with van der Waals surface area (Å²) in [6.45, 7) is 0. The lowest BCUT2D eigenvalue weighted by atomic mass is 9.80. The number of rotatable bonds is 2. The summed E-state index contributed by atoms with van der Waals surface area (Å²) < 4.78 is 44.0. The van der Waals surface area contributed by atoms with E-state index in [-0.39, 0.29) is 5.01 Å². The molecule has 0 spiro atoms. The van der Waals surface area contributed by atoms with Crippen molar-refractivity contribution in [3.05, 3.63) is 88.9 Å². The zero-order valence-corrected chi connectivity index (χ0v) is 15.3. The fourth-order valence-corrected chi connectivity index (χ4v) is 5.16. The van der Waals surface area contributed by atoms with Gasteiger partial charge in [0.1, 0.15) is 5.01 Å². The van der Waals surface area contributed by atoms with Gasteiger partial charge in [0, 0.05) is 0 Å². The average Bonchev–Trinajstić information content (AvgIpc) is 3.26.